The van der Waals surface area contributed by atoms with Crippen LogP contribution >= 0.6 is 0 Å². The van der Waals surface area contributed by atoms with E-state index in [-0.39, 0.29) is 11.6 Å². The molecule has 1 heterocycles. The van der Waals surface area contributed by atoms with E-state index < -0.39 is 0 Å². The highest BCUT2D eigenvalue weighted by Gasteiger charge is 2.38. The molecule has 0 N–H and O–H groups in total. The van der Waals surface area contributed by atoms with Crippen LogP contribution in [0.5, 0.6) is 0 Å². The summed E-state index contributed by atoms with van der Waals surface area (Å²) in [6.45, 7) is 5.85. The molecule has 0 aliphatic carbocycles. The van der Waals surface area contributed by atoms with Gasteiger partial charge in [-0.15, -0.1) is 0 Å². The number of rotatable bonds is 4. The smallest absolute Gasteiger partial charge is 0.410 e. The molecule has 4 nitrogen and oxygen atoms in total. The SMILES string of the molecule is CC[C@]1(C)CCCN1C(=O)OCCOC. The van der Waals surface area contributed by atoms with Crippen LogP contribution in [0.25, 0.3) is 0 Å². The fraction of sp³-hybridized carbons (Fsp3) is 0.909. The van der Waals surface area contributed by atoms with Crippen LogP contribution in [0, 0.1) is 0 Å². The highest BCUT2D eigenvalue weighted by Crippen LogP contribution is 2.32. The average Bonchev–Trinajstić information content (AvgIpc) is 2.61. The fourth-order valence-corrected chi connectivity index (χ4v) is 1.99. The van der Waals surface area contributed by atoms with E-state index in [2.05, 4.69) is 13.8 Å². The Bertz CT molecular complexity index is 220. The fourth-order valence-electron chi connectivity index (χ4n) is 1.99. The quantitative estimate of drug-likeness (QED) is 0.673. The van der Waals surface area contributed by atoms with Gasteiger partial charge in [-0.25, -0.2) is 4.79 Å². The third kappa shape index (κ3) is 2.84. The summed E-state index contributed by atoms with van der Waals surface area (Å²) >= 11 is 0. The number of methoxy groups -OCH3 is 1. The Hall–Kier alpha value is -0.770. The van der Waals surface area contributed by atoms with Gasteiger partial charge in [-0.1, -0.05) is 6.92 Å². The molecule has 0 saturated carbocycles. The van der Waals surface area contributed by atoms with Crippen LogP contribution in [0.1, 0.15) is 33.1 Å². The van der Waals surface area contributed by atoms with Crippen molar-refractivity contribution in [3.05, 3.63) is 0 Å². The molecule has 0 bridgehead atoms. The first kappa shape index (κ1) is 12.3. The van der Waals surface area contributed by atoms with Crippen molar-refractivity contribution in [1.29, 1.82) is 0 Å². The molecule has 0 spiro atoms. The summed E-state index contributed by atoms with van der Waals surface area (Å²) in [7, 11) is 1.60. The van der Waals surface area contributed by atoms with Crippen molar-refractivity contribution in [2.45, 2.75) is 38.6 Å². The van der Waals surface area contributed by atoms with Gasteiger partial charge in [0.15, 0.2) is 0 Å². The first-order chi connectivity index (χ1) is 7.14. The summed E-state index contributed by atoms with van der Waals surface area (Å²) in [5.41, 5.74) is -0.00977. The maximum atomic E-state index is 11.7. The Morgan fingerprint density at radius 1 is 1.47 bits per heavy atom. The van der Waals surface area contributed by atoms with Crippen molar-refractivity contribution in [2.75, 3.05) is 26.9 Å². The van der Waals surface area contributed by atoms with Crippen molar-refractivity contribution in [2.24, 2.45) is 0 Å². The molecule has 1 rings (SSSR count). The highest BCUT2D eigenvalue weighted by molar-refractivity contribution is 5.69. The molecule has 1 aliphatic rings. The number of carbonyl (C=O) groups is 1. The normalized spacial score (nSPS) is 25.7. The van der Waals surface area contributed by atoms with E-state index in [1.54, 1.807) is 7.11 Å². The molecule has 0 unspecified atom stereocenters. The van der Waals surface area contributed by atoms with E-state index in [1.165, 1.54) is 0 Å². The van der Waals surface area contributed by atoms with Crippen molar-refractivity contribution in [3.63, 3.8) is 0 Å². The minimum absolute atomic E-state index is 0.00977. The summed E-state index contributed by atoms with van der Waals surface area (Å²) in [5.74, 6) is 0. The topological polar surface area (TPSA) is 38.8 Å². The van der Waals surface area contributed by atoms with E-state index in [4.69, 9.17) is 9.47 Å². The molecule has 88 valence electrons. The maximum absolute atomic E-state index is 11.7. The summed E-state index contributed by atoms with van der Waals surface area (Å²) in [6, 6.07) is 0. The Morgan fingerprint density at radius 3 is 2.80 bits per heavy atom. The van der Waals surface area contributed by atoms with Gasteiger partial charge in [0.1, 0.15) is 6.61 Å². The molecule has 1 amide bonds. The molecule has 1 atom stereocenters. The Balaban J connectivity index is 2.44. The van der Waals surface area contributed by atoms with Gasteiger partial charge in [0.2, 0.25) is 0 Å². The van der Waals surface area contributed by atoms with Crippen LogP contribution in [0.4, 0.5) is 4.79 Å². The van der Waals surface area contributed by atoms with E-state index >= 15 is 0 Å². The summed E-state index contributed by atoms with van der Waals surface area (Å²) in [4.78, 5) is 13.6. The number of amides is 1. The number of nitrogens with zero attached hydrogens (tertiary/aromatic N) is 1. The van der Waals surface area contributed by atoms with Gasteiger partial charge in [0.05, 0.1) is 6.61 Å². The van der Waals surface area contributed by atoms with Crippen LogP contribution in [-0.2, 0) is 9.47 Å². The van der Waals surface area contributed by atoms with E-state index in [0.717, 1.165) is 25.8 Å². The van der Waals surface area contributed by atoms with Crippen LogP contribution in [-0.4, -0.2) is 43.4 Å². The van der Waals surface area contributed by atoms with Crippen molar-refractivity contribution in [3.8, 4) is 0 Å². The second-order valence-electron chi connectivity index (χ2n) is 4.21. The molecular weight excluding hydrogens is 194 g/mol. The van der Waals surface area contributed by atoms with E-state index in [9.17, 15) is 4.79 Å². The van der Waals surface area contributed by atoms with Gasteiger partial charge >= 0.3 is 6.09 Å². The first-order valence-electron chi connectivity index (χ1n) is 5.57. The Kier molecular flexibility index (Phi) is 4.39. The molecule has 1 aliphatic heterocycles. The van der Waals surface area contributed by atoms with Gasteiger partial charge in [-0.3, -0.25) is 0 Å². The van der Waals surface area contributed by atoms with Crippen molar-refractivity contribution in [1.82, 2.24) is 4.90 Å². The minimum atomic E-state index is -0.200. The number of likely N-dealkylation sites (tertiary alicyclic amines) is 1. The molecule has 1 fully saturated rings. The summed E-state index contributed by atoms with van der Waals surface area (Å²) in [6.07, 6.45) is 2.92. The maximum Gasteiger partial charge on any atom is 0.410 e. The summed E-state index contributed by atoms with van der Waals surface area (Å²) < 4.78 is 9.96. The molecular formula is C11H21NO3. The zero-order valence-corrected chi connectivity index (χ0v) is 9.91. The Labute approximate surface area is 91.5 Å². The zero-order valence-electron chi connectivity index (χ0n) is 9.91. The van der Waals surface area contributed by atoms with Gasteiger partial charge in [-0.2, -0.15) is 0 Å². The largest absolute Gasteiger partial charge is 0.447 e. The summed E-state index contributed by atoms with van der Waals surface area (Å²) in [5, 5.41) is 0. The second-order valence-corrected chi connectivity index (χ2v) is 4.21. The van der Waals surface area contributed by atoms with Crippen molar-refractivity contribution >= 4 is 6.09 Å². The molecule has 0 aromatic carbocycles. The van der Waals surface area contributed by atoms with Crippen LogP contribution in [0.2, 0.25) is 0 Å². The first-order valence-corrected chi connectivity index (χ1v) is 5.57. The molecule has 4 heteroatoms. The predicted molar refractivity (Wildman–Crippen MR) is 57.9 cm³/mol. The molecule has 0 aromatic heterocycles. The van der Waals surface area contributed by atoms with Crippen molar-refractivity contribution < 1.29 is 14.3 Å². The number of hydrogen-bond acceptors (Lipinski definition) is 3. The third-order valence-corrected chi connectivity index (χ3v) is 3.24. The molecule has 15 heavy (non-hydrogen) atoms. The van der Waals surface area contributed by atoms with Gasteiger partial charge in [-0.05, 0) is 26.2 Å². The van der Waals surface area contributed by atoms with Gasteiger partial charge < -0.3 is 14.4 Å². The lowest BCUT2D eigenvalue weighted by atomic mass is 9.96. The number of ether oxygens (including phenoxy) is 2. The number of carbonyl (C=O) groups excluding carboxylic acids is 1. The lowest BCUT2D eigenvalue weighted by Crippen LogP contribution is -2.45. The number of hydrogen-bond donors (Lipinski definition) is 0. The van der Waals surface area contributed by atoms with Gasteiger partial charge in [0.25, 0.3) is 0 Å². The third-order valence-electron chi connectivity index (χ3n) is 3.24. The average molecular weight is 215 g/mol. The lowest BCUT2D eigenvalue weighted by molar-refractivity contribution is 0.0529. The van der Waals surface area contributed by atoms with E-state index in [1.807, 2.05) is 4.90 Å². The second kappa shape index (κ2) is 5.35. The van der Waals surface area contributed by atoms with E-state index in [0.29, 0.717) is 13.2 Å². The lowest BCUT2D eigenvalue weighted by Gasteiger charge is -2.33. The molecule has 0 aromatic rings. The zero-order chi connectivity index (χ0) is 11.3. The molecule has 0 radical (unpaired) electrons. The van der Waals surface area contributed by atoms with Crippen LogP contribution < -0.4 is 0 Å². The standard InChI is InChI=1S/C11H21NO3/c1-4-11(2)6-5-7-12(11)10(13)15-9-8-14-3/h4-9H2,1-3H3/t11-/m1/s1. The highest BCUT2D eigenvalue weighted by atomic mass is 16.6. The predicted octanol–water partition coefficient (Wildman–Crippen LogP) is 2.03. The monoisotopic (exact) mass is 215 g/mol. The Morgan fingerprint density at radius 2 is 2.20 bits per heavy atom. The molecule has 1 saturated heterocycles. The van der Waals surface area contributed by atoms with Gasteiger partial charge in [0, 0.05) is 19.2 Å². The van der Waals surface area contributed by atoms with Crippen LogP contribution in [0.3, 0.4) is 0 Å². The minimum Gasteiger partial charge on any atom is -0.447 e. The van der Waals surface area contributed by atoms with Crippen LogP contribution in [0.15, 0.2) is 0 Å².